The number of phenols is 1. The van der Waals surface area contributed by atoms with Crippen LogP contribution in [0.25, 0.3) is 21.5 Å². The number of rotatable bonds is 6. The molecule has 0 spiro atoms. The predicted octanol–water partition coefficient (Wildman–Crippen LogP) is 3.83. The van der Waals surface area contributed by atoms with E-state index in [1.165, 1.54) is 5.56 Å². The molecule has 0 saturated heterocycles. The fraction of sp³-hybridized carbons (Fsp3) is 0.333. The summed E-state index contributed by atoms with van der Waals surface area (Å²) in [5, 5.41) is 14.1. The summed E-state index contributed by atoms with van der Waals surface area (Å²) < 4.78 is 16.6. The smallest absolute Gasteiger partial charge is 0.169 e. The van der Waals surface area contributed by atoms with Crippen molar-refractivity contribution < 1.29 is 19.3 Å². The van der Waals surface area contributed by atoms with Crippen molar-refractivity contribution in [2.24, 2.45) is 0 Å². The van der Waals surface area contributed by atoms with Crippen molar-refractivity contribution >= 4 is 21.5 Å². The lowest BCUT2D eigenvalue weighted by Crippen LogP contribution is -2.15. The highest BCUT2D eigenvalue weighted by Crippen LogP contribution is 2.44. The van der Waals surface area contributed by atoms with Gasteiger partial charge in [-0.3, -0.25) is 0 Å². The maximum absolute atomic E-state index is 10.1. The number of hydrogen-bond donors (Lipinski definition) is 1. The van der Waals surface area contributed by atoms with Crippen LogP contribution in [0.1, 0.15) is 5.56 Å². The quantitative estimate of drug-likeness (QED) is 0.681. The fourth-order valence-electron chi connectivity index (χ4n) is 3.35. The molecule has 0 bridgehead atoms. The second kappa shape index (κ2) is 7.30. The number of hydrogen-bond acceptors (Lipinski definition) is 5. The Morgan fingerprint density at radius 1 is 0.885 bits per heavy atom. The van der Waals surface area contributed by atoms with E-state index in [9.17, 15) is 5.11 Å². The van der Waals surface area contributed by atoms with Crippen molar-refractivity contribution in [2.75, 3.05) is 42.0 Å². The van der Waals surface area contributed by atoms with Crippen LogP contribution in [-0.2, 0) is 6.42 Å². The molecule has 5 heteroatoms. The maximum atomic E-state index is 10.1. The van der Waals surface area contributed by atoms with Crippen molar-refractivity contribution in [3.05, 3.63) is 35.9 Å². The molecule has 0 aliphatic heterocycles. The lowest BCUT2D eigenvalue weighted by molar-refractivity contribution is 0.358. The zero-order valence-corrected chi connectivity index (χ0v) is 15.9. The highest BCUT2D eigenvalue weighted by atomic mass is 16.5. The van der Waals surface area contributed by atoms with Crippen LogP contribution in [0.3, 0.4) is 0 Å². The normalized spacial score (nSPS) is 11.3. The second-order valence-corrected chi connectivity index (χ2v) is 6.56. The average molecular weight is 355 g/mol. The van der Waals surface area contributed by atoms with Crippen molar-refractivity contribution in [1.82, 2.24) is 4.90 Å². The van der Waals surface area contributed by atoms with Crippen LogP contribution >= 0.6 is 0 Å². The summed E-state index contributed by atoms with van der Waals surface area (Å²) in [6.45, 7) is 0.932. The summed E-state index contributed by atoms with van der Waals surface area (Å²) >= 11 is 0. The molecule has 1 N–H and O–H groups in total. The van der Waals surface area contributed by atoms with E-state index in [4.69, 9.17) is 14.2 Å². The first kappa shape index (κ1) is 18.1. The molecule has 0 radical (unpaired) electrons. The molecular weight excluding hydrogens is 330 g/mol. The topological polar surface area (TPSA) is 51.2 Å². The number of methoxy groups -OCH3 is 3. The molecule has 0 aliphatic carbocycles. The molecule has 3 aromatic rings. The molecule has 3 rings (SSSR count). The van der Waals surface area contributed by atoms with Crippen molar-refractivity contribution in [2.45, 2.75) is 6.42 Å². The van der Waals surface area contributed by atoms with Crippen molar-refractivity contribution in [1.29, 1.82) is 0 Å². The Balaban J connectivity index is 2.40. The van der Waals surface area contributed by atoms with Crippen molar-refractivity contribution in [3.8, 4) is 23.0 Å². The number of phenolic OH excluding ortho intramolecular Hbond substituents is 1. The highest BCUT2D eigenvalue weighted by molar-refractivity contribution is 6.13. The molecule has 0 aliphatic rings. The third-order valence-electron chi connectivity index (χ3n) is 4.67. The summed E-state index contributed by atoms with van der Waals surface area (Å²) in [4.78, 5) is 2.16. The SMILES string of the molecule is COc1cc2c(ccc3c(CCN(C)C)cc(OC)c(OC)c32)cc1O. The Kier molecular flexibility index (Phi) is 5.09. The van der Waals surface area contributed by atoms with Gasteiger partial charge in [-0.15, -0.1) is 0 Å². The maximum Gasteiger partial charge on any atom is 0.169 e. The molecule has 138 valence electrons. The second-order valence-electron chi connectivity index (χ2n) is 6.56. The first-order chi connectivity index (χ1) is 12.5. The average Bonchev–Trinajstić information content (AvgIpc) is 2.64. The Bertz CT molecular complexity index is 950. The molecule has 0 amide bonds. The third-order valence-corrected chi connectivity index (χ3v) is 4.67. The van der Waals surface area contributed by atoms with Gasteiger partial charge in [0.15, 0.2) is 23.0 Å². The summed E-state index contributed by atoms with van der Waals surface area (Å²) in [6.07, 6.45) is 0.893. The van der Waals surface area contributed by atoms with Crippen LogP contribution in [-0.4, -0.2) is 52.0 Å². The van der Waals surface area contributed by atoms with Crippen LogP contribution in [0.4, 0.5) is 0 Å². The van der Waals surface area contributed by atoms with E-state index < -0.39 is 0 Å². The number of ether oxygens (including phenoxy) is 3. The predicted molar refractivity (Wildman–Crippen MR) is 105 cm³/mol. The zero-order valence-electron chi connectivity index (χ0n) is 15.9. The number of benzene rings is 3. The lowest BCUT2D eigenvalue weighted by Gasteiger charge is -2.18. The molecule has 26 heavy (non-hydrogen) atoms. The van der Waals surface area contributed by atoms with Gasteiger partial charge in [-0.1, -0.05) is 12.1 Å². The van der Waals surface area contributed by atoms with Crippen LogP contribution in [0.5, 0.6) is 23.0 Å². The minimum Gasteiger partial charge on any atom is -0.504 e. The van der Waals surface area contributed by atoms with Gasteiger partial charge >= 0.3 is 0 Å². The third kappa shape index (κ3) is 3.10. The fourth-order valence-corrected chi connectivity index (χ4v) is 3.35. The van der Waals surface area contributed by atoms with Gasteiger partial charge in [0.1, 0.15) is 0 Å². The van der Waals surface area contributed by atoms with Crippen LogP contribution in [0.2, 0.25) is 0 Å². The minimum atomic E-state index is 0.119. The Hall–Kier alpha value is -2.66. The molecular formula is C21H25NO4. The van der Waals surface area contributed by atoms with Gasteiger partial charge in [0.25, 0.3) is 0 Å². The van der Waals surface area contributed by atoms with Gasteiger partial charge < -0.3 is 24.2 Å². The minimum absolute atomic E-state index is 0.119. The molecule has 3 aromatic carbocycles. The lowest BCUT2D eigenvalue weighted by atomic mass is 9.95. The number of aromatic hydroxyl groups is 1. The monoisotopic (exact) mass is 355 g/mol. The first-order valence-electron chi connectivity index (χ1n) is 8.52. The van der Waals surface area contributed by atoms with E-state index in [0.29, 0.717) is 17.2 Å². The van der Waals surface area contributed by atoms with Gasteiger partial charge in [-0.25, -0.2) is 0 Å². The molecule has 0 atom stereocenters. The van der Waals surface area contributed by atoms with E-state index in [-0.39, 0.29) is 5.75 Å². The van der Waals surface area contributed by atoms with E-state index in [0.717, 1.165) is 34.5 Å². The van der Waals surface area contributed by atoms with E-state index in [1.54, 1.807) is 27.4 Å². The summed E-state index contributed by atoms with van der Waals surface area (Å²) in [6, 6.07) is 9.71. The van der Waals surface area contributed by atoms with Crippen molar-refractivity contribution in [3.63, 3.8) is 0 Å². The standard InChI is InChI=1S/C21H25NO4/c1-22(2)9-8-14-11-19(25-4)21(26-5)20-15(14)7-6-13-10-17(23)18(24-3)12-16(13)20/h6-7,10-12,23H,8-9H2,1-5H3. The Labute approximate surface area is 153 Å². The van der Waals surface area contributed by atoms with Crippen LogP contribution in [0.15, 0.2) is 30.3 Å². The van der Waals surface area contributed by atoms with Gasteiger partial charge in [0, 0.05) is 11.9 Å². The van der Waals surface area contributed by atoms with E-state index in [2.05, 4.69) is 25.1 Å². The zero-order chi connectivity index (χ0) is 18.8. The number of likely N-dealkylation sites (N-methyl/N-ethyl adjacent to an activating group) is 1. The van der Waals surface area contributed by atoms with E-state index >= 15 is 0 Å². The molecule has 0 heterocycles. The summed E-state index contributed by atoms with van der Waals surface area (Å²) in [7, 11) is 8.97. The molecule has 0 saturated carbocycles. The van der Waals surface area contributed by atoms with E-state index in [1.807, 2.05) is 18.2 Å². The van der Waals surface area contributed by atoms with Gasteiger partial charge in [0.2, 0.25) is 0 Å². The van der Waals surface area contributed by atoms with Gasteiger partial charge in [0.05, 0.1) is 21.3 Å². The van der Waals surface area contributed by atoms with Crippen LogP contribution < -0.4 is 14.2 Å². The summed E-state index contributed by atoms with van der Waals surface area (Å²) in [5.74, 6) is 1.95. The highest BCUT2D eigenvalue weighted by Gasteiger charge is 2.17. The summed E-state index contributed by atoms with van der Waals surface area (Å²) in [5.41, 5.74) is 1.19. The molecule has 0 aromatic heterocycles. The Morgan fingerprint density at radius 3 is 2.23 bits per heavy atom. The first-order valence-corrected chi connectivity index (χ1v) is 8.52. The molecule has 0 fully saturated rings. The van der Waals surface area contributed by atoms with Gasteiger partial charge in [-0.2, -0.15) is 0 Å². The largest absolute Gasteiger partial charge is 0.504 e. The molecule has 0 unspecified atom stereocenters. The Morgan fingerprint density at radius 2 is 1.62 bits per heavy atom. The number of fused-ring (bicyclic) bond motifs is 3. The van der Waals surface area contributed by atoms with Crippen LogP contribution in [0, 0.1) is 0 Å². The number of nitrogens with zero attached hydrogens (tertiary/aromatic N) is 1. The van der Waals surface area contributed by atoms with Gasteiger partial charge in [-0.05, 0) is 60.4 Å². The molecule has 5 nitrogen and oxygen atoms in total.